The van der Waals surface area contributed by atoms with Crippen LogP contribution in [0, 0.1) is 11.3 Å². The van der Waals surface area contributed by atoms with Crippen molar-refractivity contribution in [2.75, 3.05) is 47.6 Å². The van der Waals surface area contributed by atoms with Crippen molar-refractivity contribution in [3.05, 3.63) is 76.6 Å². The molecule has 0 saturated carbocycles. The summed E-state index contributed by atoms with van der Waals surface area (Å²) in [6.07, 6.45) is -7.53. The first kappa shape index (κ1) is 35.2. The van der Waals surface area contributed by atoms with Crippen molar-refractivity contribution in [2.24, 2.45) is 0 Å². The number of carboxylic acids is 1. The van der Waals surface area contributed by atoms with Crippen molar-refractivity contribution in [3.63, 3.8) is 0 Å². The Kier molecular flexibility index (Phi) is 10.2. The number of halogens is 6. The second-order valence-corrected chi connectivity index (χ2v) is 11.4. The van der Waals surface area contributed by atoms with Crippen LogP contribution < -0.4 is 14.7 Å². The Morgan fingerprint density at radius 2 is 1.71 bits per heavy atom. The van der Waals surface area contributed by atoms with Gasteiger partial charge in [0.15, 0.2) is 6.61 Å². The lowest BCUT2D eigenvalue weighted by atomic mass is 9.87. The number of morpholine rings is 1. The smallest absolute Gasteiger partial charge is 0.416 e. The van der Waals surface area contributed by atoms with Crippen LogP contribution in [-0.4, -0.2) is 66.1 Å². The molecule has 17 heteroatoms. The SMILES string of the molecule is CC[C@@H]1C[C@H](N(Cc2cc(C#N)cc(C(F)(F)F)c2)c2ncc(N3CCOCC3)cn2)c2cc(C(F)(F)F)ccc2N1C(=O)OCC(=O)O. The number of nitriles is 1. The van der Waals surface area contributed by atoms with Crippen LogP contribution in [0.4, 0.5) is 48.5 Å². The van der Waals surface area contributed by atoms with Crippen LogP contribution in [0.3, 0.4) is 0 Å². The summed E-state index contributed by atoms with van der Waals surface area (Å²) in [5.41, 5.74) is -1.84. The average Bonchev–Trinajstić information content (AvgIpc) is 3.08. The van der Waals surface area contributed by atoms with Gasteiger partial charge in [0.25, 0.3) is 0 Å². The van der Waals surface area contributed by atoms with Crippen LogP contribution in [0.1, 0.15) is 53.6 Å². The largest absolute Gasteiger partial charge is 0.479 e. The molecule has 1 aromatic heterocycles. The van der Waals surface area contributed by atoms with Crippen molar-refractivity contribution < 1.29 is 50.5 Å². The molecule has 2 aliphatic rings. The number of aliphatic carboxylic acids is 1. The Balaban J connectivity index is 1.66. The number of carbonyl (C=O) groups excluding carboxylic acids is 1. The predicted molar refractivity (Wildman–Crippen MR) is 162 cm³/mol. The van der Waals surface area contributed by atoms with Gasteiger partial charge in [0.1, 0.15) is 0 Å². The molecule has 260 valence electrons. The summed E-state index contributed by atoms with van der Waals surface area (Å²) in [4.78, 5) is 37.8. The van der Waals surface area contributed by atoms with E-state index < -0.39 is 54.2 Å². The maximum Gasteiger partial charge on any atom is 0.416 e. The van der Waals surface area contributed by atoms with Crippen molar-refractivity contribution >= 4 is 29.4 Å². The first-order valence-electron chi connectivity index (χ1n) is 15.1. The Hall–Kier alpha value is -5.11. The van der Waals surface area contributed by atoms with Gasteiger partial charge in [-0.25, -0.2) is 19.6 Å². The van der Waals surface area contributed by atoms with Gasteiger partial charge in [0.2, 0.25) is 5.95 Å². The van der Waals surface area contributed by atoms with E-state index in [0.29, 0.717) is 38.1 Å². The minimum atomic E-state index is -4.81. The third kappa shape index (κ3) is 7.96. The molecule has 49 heavy (non-hydrogen) atoms. The predicted octanol–water partition coefficient (Wildman–Crippen LogP) is 6.18. The number of alkyl halides is 6. The van der Waals surface area contributed by atoms with Crippen molar-refractivity contribution in [1.82, 2.24) is 9.97 Å². The van der Waals surface area contributed by atoms with Crippen LogP contribution in [-0.2, 0) is 33.2 Å². The van der Waals surface area contributed by atoms with Crippen molar-refractivity contribution in [3.8, 4) is 6.07 Å². The summed E-state index contributed by atoms with van der Waals surface area (Å²) < 4.78 is 94.0. The summed E-state index contributed by atoms with van der Waals surface area (Å²) in [6.45, 7) is 2.39. The molecule has 3 heterocycles. The van der Waals surface area contributed by atoms with Gasteiger partial charge in [-0.15, -0.1) is 0 Å². The van der Waals surface area contributed by atoms with Gasteiger partial charge in [0.05, 0.1) is 65.8 Å². The van der Waals surface area contributed by atoms with Crippen LogP contribution in [0.2, 0.25) is 0 Å². The standard InChI is InChI=1S/C32H30F6N6O5/c1-2-23-13-27(25-12-21(31(33,34)35)3-4-26(25)44(23)30(47)49-18-28(45)46)43(17-20-9-19(14-39)10-22(11-20)32(36,37)38)29-40-15-24(16-41-29)42-5-7-48-8-6-42/h3-4,9-12,15-16,23,27H,2,5-8,13,17-18H2,1H3,(H,45,46)/t23-,27+/m1/s1. The van der Waals surface area contributed by atoms with E-state index in [-0.39, 0.29) is 47.7 Å². The van der Waals surface area contributed by atoms with Crippen molar-refractivity contribution in [2.45, 2.75) is 50.7 Å². The number of carboxylic acid groups (broad SMARTS) is 1. The number of amides is 1. The minimum Gasteiger partial charge on any atom is -0.479 e. The van der Waals surface area contributed by atoms with Crippen LogP contribution in [0.15, 0.2) is 48.8 Å². The Bertz CT molecular complexity index is 1720. The van der Waals surface area contributed by atoms with E-state index in [2.05, 4.69) is 9.97 Å². The fourth-order valence-corrected chi connectivity index (χ4v) is 5.96. The number of ether oxygens (including phenoxy) is 2. The van der Waals surface area contributed by atoms with Gasteiger partial charge >= 0.3 is 24.4 Å². The van der Waals surface area contributed by atoms with E-state index in [0.717, 1.165) is 29.2 Å². The monoisotopic (exact) mass is 692 g/mol. The highest BCUT2D eigenvalue weighted by Crippen LogP contribution is 2.46. The number of anilines is 3. The highest BCUT2D eigenvalue weighted by atomic mass is 19.4. The van der Waals surface area contributed by atoms with Crippen LogP contribution in [0.25, 0.3) is 0 Å². The molecule has 5 rings (SSSR count). The Labute approximate surface area is 276 Å². The zero-order valence-corrected chi connectivity index (χ0v) is 26.0. The third-order valence-corrected chi connectivity index (χ3v) is 8.26. The molecule has 0 spiro atoms. The number of hydrogen-bond acceptors (Lipinski definition) is 9. The van der Waals surface area contributed by atoms with Crippen LogP contribution >= 0.6 is 0 Å². The first-order valence-corrected chi connectivity index (χ1v) is 15.1. The van der Waals surface area contributed by atoms with Gasteiger partial charge < -0.3 is 24.4 Å². The van der Waals surface area contributed by atoms with Gasteiger partial charge in [-0.05, 0) is 60.4 Å². The molecule has 0 aliphatic carbocycles. The van der Waals surface area contributed by atoms with E-state index >= 15 is 0 Å². The molecule has 0 radical (unpaired) electrons. The van der Waals surface area contributed by atoms with Crippen LogP contribution in [0.5, 0.6) is 0 Å². The molecule has 1 N–H and O–H groups in total. The quantitative estimate of drug-likeness (QED) is 0.273. The van der Waals surface area contributed by atoms with E-state index in [1.165, 1.54) is 23.4 Å². The summed E-state index contributed by atoms with van der Waals surface area (Å²) in [7, 11) is 0. The molecule has 11 nitrogen and oxygen atoms in total. The van der Waals surface area contributed by atoms with Gasteiger partial charge in [-0.1, -0.05) is 6.92 Å². The number of aromatic nitrogens is 2. The summed E-state index contributed by atoms with van der Waals surface area (Å²) in [5.74, 6) is -1.47. The lowest BCUT2D eigenvalue weighted by Gasteiger charge is -2.44. The Morgan fingerprint density at radius 3 is 2.31 bits per heavy atom. The first-order chi connectivity index (χ1) is 23.2. The van der Waals surface area contributed by atoms with E-state index in [4.69, 9.17) is 14.6 Å². The molecule has 0 unspecified atom stereocenters. The number of fused-ring (bicyclic) bond motifs is 1. The number of hydrogen-bond donors (Lipinski definition) is 1. The zero-order valence-electron chi connectivity index (χ0n) is 26.0. The highest BCUT2D eigenvalue weighted by Gasteiger charge is 2.42. The normalized spacial score (nSPS) is 18.0. The Morgan fingerprint density at radius 1 is 1.04 bits per heavy atom. The molecule has 2 aliphatic heterocycles. The fourth-order valence-electron chi connectivity index (χ4n) is 5.96. The van der Waals surface area contributed by atoms with Crippen molar-refractivity contribution in [1.29, 1.82) is 5.26 Å². The highest BCUT2D eigenvalue weighted by molar-refractivity contribution is 5.91. The third-order valence-electron chi connectivity index (χ3n) is 8.26. The second-order valence-electron chi connectivity index (χ2n) is 11.4. The molecule has 1 saturated heterocycles. The summed E-state index contributed by atoms with van der Waals surface area (Å²) in [5, 5.41) is 18.6. The molecular weight excluding hydrogens is 662 g/mol. The number of nitrogens with zero attached hydrogens (tertiary/aromatic N) is 6. The number of rotatable bonds is 8. The average molecular weight is 693 g/mol. The lowest BCUT2D eigenvalue weighted by Crippen LogP contribution is -2.48. The second kappa shape index (κ2) is 14.2. The van der Waals surface area contributed by atoms with E-state index in [1.807, 2.05) is 4.90 Å². The lowest BCUT2D eigenvalue weighted by molar-refractivity contribution is -0.140. The molecule has 2 aromatic carbocycles. The summed E-state index contributed by atoms with van der Waals surface area (Å²) in [6, 6.07) is 5.40. The molecule has 1 amide bonds. The maximum atomic E-state index is 14.1. The number of carbonyl (C=O) groups is 2. The minimum absolute atomic E-state index is 0.0109. The molecule has 3 aromatic rings. The molecule has 1 fully saturated rings. The molecule has 0 bridgehead atoms. The zero-order chi connectivity index (χ0) is 35.5. The maximum absolute atomic E-state index is 14.1. The number of benzene rings is 2. The van der Waals surface area contributed by atoms with Gasteiger partial charge in [-0.2, -0.15) is 31.6 Å². The van der Waals surface area contributed by atoms with E-state index in [1.54, 1.807) is 13.0 Å². The molecule has 2 atom stereocenters. The summed E-state index contributed by atoms with van der Waals surface area (Å²) >= 11 is 0. The van der Waals surface area contributed by atoms with Gasteiger partial charge in [0, 0.05) is 25.7 Å². The molecular formula is C32H30F6N6O5. The van der Waals surface area contributed by atoms with E-state index in [9.17, 15) is 41.2 Å². The fraction of sp³-hybridized carbons (Fsp3) is 0.406. The topological polar surface area (TPSA) is 132 Å². The van der Waals surface area contributed by atoms with Gasteiger partial charge in [-0.3, -0.25) is 4.90 Å².